The van der Waals surface area contributed by atoms with Crippen LogP contribution in [0.15, 0.2) is 91.0 Å². The summed E-state index contributed by atoms with van der Waals surface area (Å²) < 4.78 is 1.19. The van der Waals surface area contributed by atoms with E-state index in [4.69, 9.17) is 9.97 Å². The van der Waals surface area contributed by atoms with Gasteiger partial charge in [-0.15, -0.1) is 0 Å². The Morgan fingerprint density at radius 3 is 1.72 bits per heavy atom. The third kappa shape index (κ3) is 3.61. The molecule has 0 aliphatic rings. The van der Waals surface area contributed by atoms with Gasteiger partial charge < -0.3 is 0 Å². The van der Waals surface area contributed by atoms with Crippen LogP contribution in [0.5, 0.6) is 0 Å². The molecule has 25 heavy (non-hydrogen) atoms. The van der Waals surface area contributed by atoms with Crippen molar-refractivity contribution in [2.75, 3.05) is 0 Å². The van der Waals surface area contributed by atoms with Crippen molar-refractivity contribution in [3.05, 3.63) is 94.6 Å². The molecule has 3 aromatic carbocycles. The summed E-state index contributed by atoms with van der Waals surface area (Å²) in [5.41, 5.74) is 5.08. The van der Waals surface area contributed by atoms with E-state index in [1.54, 1.807) is 0 Å². The van der Waals surface area contributed by atoms with Crippen LogP contribution in [0.1, 0.15) is 0 Å². The Balaban J connectivity index is 1.92. The number of rotatable bonds is 3. The van der Waals surface area contributed by atoms with Crippen LogP contribution in [0.2, 0.25) is 0 Å². The zero-order chi connectivity index (χ0) is 17.1. The second-order valence-electron chi connectivity index (χ2n) is 5.70. The van der Waals surface area contributed by atoms with Crippen LogP contribution in [0.4, 0.5) is 0 Å². The Labute approximate surface area is 160 Å². The summed E-state index contributed by atoms with van der Waals surface area (Å²) in [4.78, 5) is 9.63. The average molecular weight is 434 g/mol. The molecule has 0 fully saturated rings. The molecule has 0 saturated heterocycles. The molecule has 4 aromatic rings. The van der Waals surface area contributed by atoms with Gasteiger partial charge in [-0.05, 0) is 40.8 Å². The van der Waals surface area contributed by atoms with E-state index in [1.807, 2.05) is 48.5 Å². The van der Waals surface area contributed by atoms with Gasteiger partial charge in [0.15, 0.2) is 5.82 Å². The molecule has 0 saturated carbocycles. The molecule has 0 bridgehead atoms. The number of benzene rings is 3. The highest BCUT2D eigenvalue weighted by molar-refractivity contribution is 14.1. The third-order valence-corrected chi connectivity index (χ3v) is 4.62. The van der Waals surface area contributed by atoms with Crippen molar-refractivity contribution < 1.29 is 0 Å². The third-order valence-electron chi connectivity index (χ3n) is 3.95. The second kappa shape index (κ2) is 7.15. The fraction of sp³-hybridized carbons (Fsp3) is 0. The Kier molecular flexibility index (Phi) is 4.57. The quantitative estimate of drug-likeness (QED) is 0.365. The molecule has 0 atom stereocenters. The van der Waals surface area contributed by atoms with Gasteiger partial charge in [0.05, 0.1) is 11.4 Å². The maximum Gasteiger partial charge on any atom is 0.160 e. The lowest BCUT2D eigenvalue weighted by Crippen LogP contribution is -1.95. The largest absolute Gasteiger partial charge is 0.228 e. The van der Waals surface area contributed by atoms with Crippen LogP contribution in [-0.4, -0.2) is 9.97 Å². The Bertz CT molecular complexity index is 941. The molecule has 4 rings (SSSR count). The molecule has 2 nitrogen and oxygen atoms in total. The summed E-state index contributed by atoms with van der Waals surface area (Å²) in [5.74, 6) is 0.746. The summed E-state index contributed by atoms with van der Waals surface area (Å²) >= 11 is 2.33. The van der Waals surface area contributed by atoms with Gasteiger partial charge >= 0.3 is 0 Å². The number of nitrogens with zero attached hydrogens (tertiary/aromatic N) is 2. The second-order valence-corrected chi connectivity index (χ2v) is 6.95. The number of aromatic nitrogens is 2. The van der Waals surface area contributed by atoms with E-state index in [2.05, 4.69) is 65.1 Å². The first-order chi connectivity index (χ1) is 12.3. The monoisotopic (exact) mass is 434 g/mol. The van der Waals surface area contributed by atoms with Crippen LogP contribution >= 0.6 is 22.6 Å². The van der Waals surface area contributed by atoms with Crippen LogP contribution < -0.4 is 0 Å². The molecule has 1 heterocycles. The van der Waals surface area contributed by atoms with Gasteiger partial charge in [-0.2, -0.15) is 0 Å². The standard InChI is InChI=1S/C22H15IN2/c23-19-13-7-12-18(14-19)21-15-20(16-8-3-1-4-9-16)24-22(25-21)17-10-5-2-6-11-17/h1-15H. The van der Waals surface area contributed by atoms with E-state index >= 15 is 0 Å². The number of hydrogen-bond acceptors (Lipinski definition) is 2. The highest BCUT2D eigenvalue weighted by Gasteiger charge is 2.10. The van der Waals surface area contributed by atoms with Crippen LogP contribution in [0.25, 0.3) is 33.9 Å². The molecule has 0 aliphatic heterocycles. The van der Waals surface area contributed by atoms with Gasteiger partial charge in [0.1, 0.15) is 0 Å². The molecular weight excluding hydrogens is 419 g/mol. The number of halogens is 1. The van der Waals surface area contributed by atoms with Gasteiger partial charge in [0.25, 0.3) is 0 Å². The minimum atomic E-state index is 0.746. The first-order valence-electron chi connectivity index (χ1n) is 8.05. The zero-order valence-corrected chi connectivity index (χ0v) is 15.6. The number of hydrogen-bond donors (Lipinski definition) is 0. The van der Waals surface area contributed by atoms with E-state index in [0.29, 0.717) is 0 Å². The first-order valence-corrected chi connectivity index (χ1v) is 9.13. The summed E-state index contributed by atoms with van der Waals surface area (Å²) in [7, 11) is 0. The zero-order valence-electron chi connectivity index (χ0n) is 13.4. The fourth-order valence-electron chi connectivity index (χ4n) is 2.72. The Morgan fingerprint density at radius 2 is 1.08 bits per heavy atom. The van der Waals surface area contributed by atoms with E-state index in [9.17, 15) is 0 Å². The van der Waals surface area contributed by atoms with Crippen molar-refractivity contribution in [3.8, 4) is 33.9 Å². The molecule has 3 heteroatoms. The molecule has 0 spiro atoms. The van der Waals surface area contributed by atoms with Crippen LogP contribution in [0, 0.1) is 3.57 Å². The summed E-state index contributed by atoms with van der Waals surface area (Å²) in [6.45, 7) is 0. The van der Waals surface area contributed by atoms with Gasteiger partial charge in [0, 0.05) is 20.3 Å². The molecule has 0 aliphatic carbocycles. The van der Waals surface area contributed by atoms with E-state index in [-0.39, 0.29) is 0 Å². The van der Waals surface area contributed by atoms with Crippen LogP contribution in [-0.2, 0) is 0 Å². The van der Waals surface area contributed by atoms with Gasteiger partial charge in [0.2, 0.25) is 0 Å². The molecule has 0 N–H and O–H groups in total. The summed E-state index contributed by atoms with van der Waals surface area (Å²) in [6.07, 6.45) is 0. The molecule has 1 aromatic heterocycles. The lowest BCUT2D eigenvalue weighted by molar-refractivity contribution is 1.18. The minimum absolute atomic E-state index is 0.746. The van der Waals surface area contributed by atoms with E-state index in [0.717, 1.165) is 33.9 Å². The minimum Gasteiger partial charge on any atom is -0.228 e. The van der Waals surface area contributed by atoms with Gasteiger partial charge in [-0.25, -0.2) is 9.97 Å². The molecular formula is C22H15IN2. The molecule has 0 unspecified atom stereocenters. The Hall–Kier alpha value is -2.53. The SMILES string of the molecule is Ic1cccc(-c2cc(-c3ccccc3)nc(-c3ccccc3)n2)c1. The maximum atomic E-state index is 4.83. The molecule has 0 amide bonds. The van der Waals surface area contributed by atoms with Crippen molar-refractivity contribution in [1.82, 2.24) is 9.97 Å². The predicted octanol–water partition coefficient (Wildman–Crippen LogP) is 6.08. The first kappa shape index (κ1) is 16.0. The highest BCUT2D eigenvalue weighted by Crippen LogP contribution is 2.27. The van der Waals surface area contributed by atoms with Gasteiger partial charge in [-0.3, -0.25) is 0 Å². The summed E-state index contributed by atoms with van der Waals surface area (Å²) in [5, 5.41) is 0. The topological polar surface area (TPSA) is 25.8 Å². The Morgan fingerprint density at radius 1 is 0.520 bits per heavy atom. The van der Waals surface area contributed by atoms with Crippen molar-refractivity contribution >= 4 is 22.6 Å². The normalized spacial score (nSPS) is 10.6. The van der Waals surface area contributed by atoms with E-state index < -0.39 is 0 Å². The highest BCUT2D eigenvalue weighted by atomic mass is 127. The smallest absolute Gasteiger partial charge is 0.160 e. The lowest BCUT2D eigenvalue weighted by atomic mass is 10.1. The molecule has 0 radical (unpaired) electrons. The maximum absolute atomic E-state index is 4.83. The molecule has 120 valence electrons. The van der Waals surface area contributed by atoms with Crippen molar-refractivity contribution in [1.29, 1.82) is 0 Å². The lowest BCUT2D eigenvalue weighted by Gasteiger charge is -2.09. The summed E-state index contributed by atoms with van der Waals surface area (Å²) in [6, 6.07) is 30.8. The fourth-order valence-corrected chi connectivity index (χ4v) is 3.26. The predicted molar refractivity (Wildman–Crippen MR) is 111 cm³/mol. The van der Waals surface area contributed by atoms with Gasteiger partial charge in [-0.1, -0.05) is 72.8 Å². The average Bonchev–Trinajstić information content (AvgIpc) is 2.69. The van der Waals surface area contributed by atoms with Crippen LogP contribution in [0.3, 0.4) is 0 Å². The van der Waals surface area contributed by atoms with E-state index in [1.165, 1.54) is 3.57 Å². The van der Waals surface area contributed by atoms with Crippen molar-refractivity contribution in [2.45, 2.75) is 0 Å². The van der Waals surface area contributed by atoms with Crippen molar-refractivity contribution in [2.24, 2.45) is 0 Å². The van der Waals surface area contributed by atoms with Crippen molar-refractivity contribution in [3.63, 3.8) is 0 Å².